The van der Waals surface area contributed by atoms with Crippen LogP contribution in [0, 0.1) is 6.92 Å². The van der Waals surface area contributed by atoms with Crippen LogP contribution in [0.1, 0.15) is 47.6 Å². The third kappa shape index (κ3) is 4.25. The average Bonchev–Trinajstić information content (AvgIpc) is 2.62. The van der Waals surface area contributed by atoms with Crippen molar-refractivity contribution in [3.05, 3.63) is 53.6 Å². The van der Waals surface area contributed by atoms with Gasteiger partial charge in [-0.25, -0.2) is 9.97 Å². The van der Waals surface area contributed by atoms with Crippen molar-refractivity contribution < 1.29 is 9.59 Å². The van der Waals surface area contributed by atoms with Crippen molar-refractivity contribution >= 4 is 22.8 Å². The molecule has 2 aromatic rings. The number of ketones is 1. The molecule has 0 atom stereocenters. The number of hydrogen-bond acceptors (Lipinski definition) is 5. The van der Waals surface area contributed by atoms with Gasteiger partial charge in [-0.3, -0.25) is 9.59 Å². The molecule has 1 fully saturated rings. The molecule has 3 rings (SSSR count). The number of piperidine rings is 1. The molecule has 1 amide bonds. The molecule has 0 saturated carbocycles. The van der Waals surface area contributed by atoms with Crippen LogP contribution in [0.4, 0.5) is 4.79 Å². The topological polar surface area (TPSA) is 63.2 Å². The number of hydrogen-bond donors (Lipinski definition) is 0. The van der Waals surface area contributed by atoms with E-state index in [1.807, 2.05) is 42.2 Å². The zero-order chi connectivity index (χ0) is 17.8. The number of nitrogens with zero attached hydrogens (tertiary/aromatic N) is 3. The van der Waals surface area contributed by atoms with E-state index in [4.69, 9.17) is 0 Å². The maximum absolute atomic E-state index is 12.4. The Bertz CT molecular complexity index is 771. The van der Waals surface area contributed by atoms with Gasteiger partial charge in [0.05, 0.1) is 11.3 Å². The molecule has 0 radical (unpaired) electrons. The lowest BCUT2D eigenvalue weighted by molar-refractivity contribution is 0.101. The lowest BCUT2D eigenvalue weighted by Gasteiger charge is -2.32. The van der Waals surface area contributed by atoms with Crippen molar-refractivity contribution in [2.75, 3.05) is 13.1 Å². The molecule has 25 heavy (non-hydrogen) atoms. The summed E-state index contributed by atoms with van der Waals surface area (Å²) in [4.78, 5) is 35.8. The van der Waals surface area contributed by atoms with Gasteiger partial charge in [0.25, 0.3) is 5.24 Å². The number of aryl methyl sites for hydroxylation is 1. The molecule has 1 aromatic heterocycles. The molecule has 0 bridgehead atoms. The van der Waals surface area contributed by atoms with Crippen LogP contribution in [0.5, 0.6) is 0 Å². The number of carbonyl (C=O) groups excluding carboxylic acids is 2. The molecule has 2 heterocycles. The van der Waals surface area contributed by atoms with Gasteiger partial charge in [0.2, 0.25) is 0 Å². The summed E-state index contributed by atoms with van der Waals surface area (Å²) in [7, 11) is 0. The maximum atomic E-state index is 12.4. The Kier molecular flexibility index (Phi) is 5.48. The molecule has 0 N–H and O–H groups in total. The van der Waals surface area contributed by atoms with Gasteiger partial charge >= 0.3 is 0 Å². The Hall–Kier alpha value is -2.21. The molecule has 6 heteroatoms. The van der Waals surface area contributed by atoms with Gasteiger partial charge in [0, 0.05) is 30.1 Å². The third-order valence-corrected chi connectivity index (χ3v) is 5.35. The quantitative estimate of drug-likeness (QED) is 0.613. The molecule has 0 aliphatic carbocycles. The predicted molar refractivity (Wildman–Crippen MR) is 98.0 cm³/mol. The molecule has 5 nitrogen and oxygen atoms in total. The summed E-state index contributed by atoms with van der Waals surface area (Å²) in [6.45, 7) is 4.75. The number of carbonyl (C=O) groups is 2. The van der Waals surface area contributed by atoms with Crippen LogP contribution < -0.4 is 0 Å². The minimum atomic E-state index is -0.00635. The number of rotatable bonds is 3. The van der Waals surface area contributed by atoms with E-state index in [1.54, 1.807) is 13.1 Å². The van der Waals surface area contributed by atoms with E-state index < -0.39 is 0 Å². The van der Waals surface area contributed by atoms with E-state index in [1.165, 1.54) is 11.8 Å². The van der Waals surface area contributed by atoms with E-state index in [0.717, 1.165) is 23.4 Å². The second kappa shape index (κ2) is 7.78. The van der Waals surface area contributed by atoms with Gasteiger partial charge in [-0.15, -0.1) is 0 Å². The van der Waals surface area contributed by atoms with Crippen LogP contribution in [-0.4, -0.2) is 39.0 Å². The SMILES string of the molecule is CC(=O)c1cnc(C)nc1C1CCN(C(=O)Sc2ccccc2)CC1. The molecule has 1 aliphatic rings. The zero-order valence-corrected chi connectivity index (χ0v) is 15.3. The van der Waals surface area contributed by atoms with Crippen LogP contribution in [0.15, 0.2) is 41.4 Å². The van der Waals surface area contributed by atoms with Gasteiger partial charge in [-0.2, -0.15) is 0 Å². The molecule has 0 spiro atoms. The Morgan fingerprint density at radius 1 is 1.16 bits per heavy atom. The van der Waals surface area contributed by atoms with Crippen LogP contribution in [0.2, 0.25) is 0 Å². The zero-order valence-electron chi connectivity index (χ0n) is 14.4. The summed E-state index contributed by atoms with van der Waals surface area (Å²) >= 11 is 1.26. The average molecular weight is 355 g/mol. The molecule has 130 valence electrons. The molecular weight excluding hydrogens is 334 g/mol. The van der Waals surface area contributed by atoms with Crippen molar-refractivity contribution in [2.45, 2.75) is 37.5 Å². The molecule has 1 aliphatic heterocycles. The van der Waals surface area contributed by atoms with Crippen LogP contribution in [0.3, 0.4) is 0 Å². The standard InChI is InChI=1S/C19H21N3O2S/c1-13(23)17-12-20-14(2)21-18(17)15-8-10-22(11-9-15)19(24)25-16-6-4-3-5-7-16/h3-7,12,15H,8-11H2,1-2H3. The smallest absolute Gasteiger partial charge is 0.286 e. The number of amides is 1. The van der Waals surface area contributed by atoms with Crippen molar-refractivity contribution in [3.8, 4) is 0 Å². The summed E-state index contributed by atoms with van der Waals surface area (Å²) in [6.07, 6.45) is 3.26. The van der Waals surface area contributed by atoms with E-state index >= 15 is 0 Å². The van der Waals surface area contributed by atoms with E-state index in [-0.39, 0.29) is 16.9 Å². The molecule has 1 aromatic carbocycles. The largest absolute Gasteiger partial charge is 0.333 e. The fourth-order valence-corrected chi connectivity index (χ4v) is 3.87. The van der Waals surface area contributed by atoms with Gasteiger partial charge in [-0.05, 0) is 50.6 Å². The Labute approximate surface area is 151 Å². The Balaban J connectivity index is 1.65. The van der Waals surface area contributed by atoms with Crippen LogP contribution in [0.25, 0.3) is 0 Å². The highest BCUT2D eigenvalue weighted by atomic mass is 32.2. The summed E-state index contributed by atoms with van der Waals surface area (Å²) < 4.78 is 0. The fourth-order valence-electron chi connectivity index (χ4n) is 3.06. The lowest BCUT2D eigenvalue weighted by atomic mass is 9.90. The maximum Gasteiger partial charge on any atom is 0.286 e. The minimum absolute atomic E-state index is 0.00635. The number of Topliss-reactive ketones (excluding diaryl/α,β-unsaturated/α-hetero) is 1. The number of likely N-dealkylation sites (tertiary alicyclic amines) is 1. The lowest BCUT2D eigenvalue weighted by Crippen LogP contribution is -2.36. The van der Waals surface area contributed by atoms with Crippen molar-refractivity contribution in [3.63, 3.8) is 0 Å². The number of aromatic nitrogens is 2. The van der Waals surface area contributed by atoms with Gasteiger partial charge in [0.15, 0.2) is 5.78 Å². The summed E-state index contributed by atoms with van der Waals surface area (Å²) in [5.74, 6) is 0.873. The number of benzene rings is 1. The van der Waals surface area contributed by atoms with Crippen LogP contribution >= 0.6 is 11.8 Å². The van der Waals surface area contributed by atoms with E-state index in [2.05, 4.69) is 9.97 Å². The second-order valence-electron chi connectivity index (χ2n) is 6.21. The third-order valence-electron chi connectivity index (χ3n) is 4.41. The van der Waals surface area contributed by atoms with Crippen molar-refractivity contribution in [2.24, 2.45) is 0 Å². The van der Waals surface area contributed by atoms with Gasteiger partial charge in [0.1, 0.15) is 5.82 Å². The highest BCUT2D eigenvalue weighted by Gasteiger charge is 2.27. The van der Waals surface area contributed by atoms with Crippen LogP contribution in [-0.2, 0) is 0 Å². The van der Waals surface area contributed by atoms with Gasteiger partial charge < -0.3 is 4.90 Å². The molecule has 0 unspecified atom stereocenters. The summed E-state index contributed by atoms with van der Waals surface area (Å²) in [6, 6.07) is 9.69. The normalized spacial score (nSPS) is 15.2. The summed E-state index contributed by atoms with van der Waals surface area (Å²) in [5, 5.41) is 0.0790. The molecular formula is C19H21N3O2S. The van der Waals surface area contributed by atoms with Crippen molar-refractivity contribution in [1.82, 2.24) is 14.9 Å². The van der Waals surface area contributed by atoms with Gasteiger partial charge in [-0.1, -0.05) is 18.2 Å². The molecule has 1 saturated heterocycles. The summed E-state index contributed by atoms with van der Waals surface area (Å²) in [5.41, 5.74) is 1.44. The second-order valence-corrected chi connectivity index (χ2v) is 7.24. The first-order chi connectivity index (χ1) is 12.0. The first-order valence-corrected chi connectivity index (χ1v) is 9.22. The number of thioether (sulfide) groups is 1. The highest BCUT2D eigenvalue weighted by Crippen LogP contribution is 2.31. The first-order valence-electron chi connectivity index (χ1n) is 8.41. The van der Waals surface area contributed by atoms with E-state index in [0.29, 0.717) is 24.5 Å². The highest BCUT2D eigenvalue weighted by molar-refractivity contribution is 8.13. The fraction of sp³-hybridized carbons (Fsp3) is 0.368. The first kappa shape index (κ1) is 17.6. The van der Waals surface area contributed by atoms with E-state index in [9.17, 15) is 9.59 Å². The van der Waals surface area contributed by atoms with Crippen molar-refractivity contribution in [1.29, 1.82) is 0 Å². The Morgan fingerprint density at radius 3 is 2.48 bits per heavy atom. The Morgan fingerprint density at radius 2 is 1.84 bits per heavy atom. The minimum Gasteiger partial charge on any atom is -0.333 e. The predicted octanol–water partition coefficient (Wildman–Crippen LogP) is 4.08. The monoisotopic (exact) mass is 355 g/mol.